The molecule has 0 rings (SSSR count). The molecule has 0 radical (unpaired) electrons. The molecule has 0 saturated heterocycles. The van der Waals surface area contributed by atoms with Gasteiger partial charge in [0.15, 0.2) is 0 Å². The summed E-state index contributed by atoms with van der Waals surface area (Å²) < 4.78 is 4.99. The number of alkyl carbamates (subject to hydrolysis) is 1. The van der Waals surface area contributed by atoms with Crippen LogP contribution in [0.1, 0.15) is 40.0 Å². The Labute approximate surface area is 155 Å². The van der Waals surface area contributed by atoms with Crippen molar-refractivity contribution in [3.05, 3.63) is 0 Å². The molecule has 0 heterocycles. The van der Waals surface area contributed by atoms with Gasteiger partial charge in [-0.2, -0.15) is 0 Å². The average Bonchev–Trinajstić information content (AvgIpc) is 1.99. The molecule has 6 heteroatoms. The number of rotatable bonds is 5. The van der Waals surface area contributed by atoms with Gasteiger partial charge in [0.1, 0.15) is 5.60 Å². The molecular formula is C10H18CsNO4. The number of carboxylic acid groups (broad SMARTS) is 1. The van der Waals surface area contributed by atoms with Gasteiger partial charge in [-0.3, -0.25) is 0 Å². The molecule has 0 aromatic carbocycles. The summed E-state index contributed by atoms with van der Waals surface area (Å²) in [7, 11) is 0. The van der Waals surface area contributed by atoms with Crippen LogP contribution in [0, 0.1) is 0 Å². The molecule has 0 aromatic heterocycles. The fraction of sp³-hybridized carbons (Fsp3) is 0.800. The van der Waals surface area contributed by atoms with Crippen LogP contribution in [-0.2, 0) is 9.53 Å². The van der Waals surface area contributed by atoms with E-state index in [1.165, 1.54) is 0 Å². The second-order valence-electron chi connectivity index (χ2n) is 4.26. The summed E-state index contributed by atoms with van der Waals surface area (Å²) in [5.41, 5.74) is -0.505. The molecule has 0 atom stereocenters. The summed E-state index contributed by atoms with van der Waals surface area (Å²) in [4.78, 5) is 21.2. The maximum Gasteiger partial charge on any atom is 1.00 e. The molecule has 16 heavy (non-hydrogen) atoms. The maximum absolute atomic E-state index is 11.1. The predicted octanol–water partition coefficient (Wildman–Crippen LogP) is -2.56. The van der Waals surface area contributed by atoms with Gasteiger partial charge in [-0.1, -0.05) is 0 Å². The maximum atomic E-state index is 11.1. The van der Waals surface area contributed by atoms with Gasteiger partial charge in [-0.05, 0) is 40.0 Å². The van der Waals surface area contributed by atoms with E-state index < -0.39 is 17.7 Å². The first kappa shape index (κ1) is 19.1. The van der Waals surface area contributed by atoms with E-state index in [2.05, 4.69) is 5.32 Å². The zero-order valence-corrected chi connectivity index (χ0v) is 16.7. The first-order valence-corrected chi connectivity index (χ1v) is 4.98. The van der Waals surface area contributed by atoms with Gasteiger partial charge >= 0.3 is 75.0 Å². The van der Waals surface area contributed by atoms with Crippen LogP contribution in [0.25, 0.3) is 0 Å². The summed E-state index contributed by atoms with van der Waals surface area (Å²) in [6, 6.07) is 0. The van der Waals surface area contributed by atoms with Crippen molar-refractivity contribution in [1.29, 1.82) is 0 Å². The molecule has 0 saturated carbocycles. The van der Waals surface area contributed by atoms with Crippen molar-refractivity contribution in [2.45, 2.75) is 45.6 Å². The van der Waals surface area contributed by atoms with Gasteiger partial charge in [0.25, 0.3) is 0 Å². The third-order valence-corrected chi connectivity index (χ3v) is 1.48. The number of hydrogen-bond donors (Lipinski definition) is 1. The van der Waals surface area contributed by atoms with Crippen LogP contribution < -0.4 is 79.3 Å². The Hall–Kier alpha value is 0.792. The minimum atomic E-state index is -1.06. The first-order valence-electron chi connectivity index (χ1n) is 4.98. The SMILES string of the molecule is CC(C)(C)OC(=O)NCCCCC(=O)[O-].[Cs+]. The standard InChI is InChI=1S/C10H19NO4.Cs/c1-10(2,3)15-9(14)11-7-5-4-6-8(12)13;/h4-7H2,1-3H3,(H,11,14)(H,12,13);/q;+1/p-1. The molecule has 0 aliphatic heterocycles. The van der Waals surface area contributed by atoms with Crippen molar-refractivity contribution in [1.82, 2.24) is 5.32 Å². The third kappa shape index (κ3) is 14.8. The van der Waals surface area contributed by atoms with Crippen molar-refractivity contribution in [3.63, 3.8) is 0 Å². The Balaban J connectivity index is 0. The van der Waals surface area contributed by atoms with Crippen LogP contribution in [-0.4, -0.2) is 24.2 Å². The number of carbonyl (C=O) groups excluding carboxylic acids is 2. The number of carboxylic acids is 1. The number of ether oxygens (including phenoxy) is 1. The molecule has 0 unspecified atom stereocenters. The second kappa shape index (κ2) is 9.78. The molecule has 5 nitrogen and oxygen atoms in total. The summed E-state index contributed by atoms with van der Waals surface area (Å²) in [6.45, 7) is 5.76. The second-order valence-corrected chi connectivity index (χ2v) is 4.26. The summed E-state index contributed by atoms with van der Waals surface area (Å²) in [6.07, 6.45) is 0.650. The molecule has 0 fully saturated rings. The summed E-state index contributed by atoms with van der Waals surface area (Å²) in [5.74, 6) is -1.06. The van der Waals surface area contributed by atoms with E-state index in [0.29, 0.717) is 19.4 Å². The van der Waals surface area contributed by atoms with Crippen molar-refractivity contribution in [2.75, 3.05) is 6.54 Å². The average molecular weight is 349 g/mol. The van der Waals surface area contributed by atoms with E-state index in [1.54, 1.807) is 20.8 Å². The van der Waals surface area contributed by atoms with E-state index in [1.807, 2.05) is 0 Å². The molecular weight excluding hydrogens is 331 g/mol. The van der Waals surface area contributed by atoms with Gasteiger partial charge in [-0.25, -0.2) is 4.79 Å². The fourth-order valence-corrected chi connectivity index (χ4v) is 0.899. The molecule has 0 aliphatic carbocycles. The van der Waals surface area contributed by atoms with Crippen LogP contribution in [0.15, 0.2) is 0 Å². The topological polar surface area (TPSA) is 78.5 Å². The molecule has 0 spiro atoms. The van der Waals surface area contributed by atoms with Crippen molar-refractivity contribution in [3.8, 4) is 0 Å². The van der Waals surface area contributed by atoms with Gasteiger partial charge in [0.2, 0.25) is 0 Å². The summed E-state index contributed by atoms with van der Waals surface area (Å²) in [5, 5.41) is 12.6. The van der Waals surface area contributed by atoms with Crippen molar-refractivity contribution in [2.24, 2.45) is 0 Å². The Morgan fingerprint density at radius 2 is 1.81 bits per heavy atom. The number of hydrogen-bond acceptors (Lipinski definition) is 4. The van der Waals surface area contributed by atoms with E-state index in [9.17, 15) is 14.7 Å². The molecule has 88 valence electrons. The predicted molar refractivity (Wildman–Crippen MR) is 53.1 cm³/mol. The Bertz CT molecular complexity index is 225. The number of carbonyl (C=O) groups is 2. The van der Waals surface area contributed by atoms with Gasteiger partial charge in [0, 0.05) is 12.5 Å². The number of unbranched alkanes of at least 4 members (excludes halogenated alkanes) is 1. The monoisotopic (exact) mass is 349 g/mol. The number of nitrogens with one attached hydrogen (secondary N) is 1. The minimum absolute atomic E-state index is 0. The zero-order valence-electron chi connectivity index (χ0n) is 10.5. The molecule has 0 bridgehead atoms. The minimum Gasteiger partial charge on any atom is -0.550 e. The van der Waals surface area contributed by atoms with Crippen molar-refractivity contribution < 1.29 is 88.3 Å². The Morgan fingerprint density at radius 3 is 2.25 bits per heavy atom. The van der Waals surface area contributed by atoms with Crippen molar-refractivity contribution >= 4 is 12.1 Å². The van der Waals surface area contributed by atoms with E-state index in [-0.39, 0.29) is 75.3 Å². The van der Waals surface area contributed by atoms with Gasteiger partial charge in [-0.15, -0.1) is 0 Å². The molecule has 0 aromatic rings. The van der Waals surface area contributed by atoms with Gasteiger partial charge in [0.05, 0.1) is 0 Å². The fourth-order valence-electron chi connectivity index (χ4n) is 0.899. The molecule has 0 aliphatic rings. The normalized spacial score (nSPS) is 10.2. The van der Waals surface area contributed by atoms with E-state index >= 15 is 0 Å². The van der Waals surface area contributed by atoms with E-state index in [0.717, 1.165) is 0 Å². The molecule has 1 N–H and O–H groups in total. The largest absolute Gasteiger partial charge is 1.00 e. The third-order valence-electron chi connectivity index (χ3n) is 1.48. The Morgan fingerprint density at radius 1 is 1.25 bits per heavy atom. The quantitative estimate of drug-likeness (QED) is 0.554. The smallest absolute Gasteiger partial charge is 0.550 e. The summed E-state index contributed by atoms with van der Waals surface area (Å²) >= 11 is 0. The van der Waals surface area contributed by atoms with E-state index in [4.69, 9.17) is 4.74 Å². The first-order chi connectivity index (χ1) is 6.81. The Kier molecular flexibility index (Phi) is 11.7. The van der Waals surface area contributed by atoms with Gasteiger partial charge < -0.3 is 20.0 Å². The van der Waals surface area contributed by atoms with Crippen LogP contribution in [0.3, 0.4) is 0 Å². The van der Waals surface area contributed by atoms with Crippen LogP contribution in [0.4, 0.5) is 4.79 Å². The number of amides is 1. The van der Waals surface area contributed by atoms with Crippen LogP contribution in [0.2, 0.25) is 0 Å². The number of aliphatic carboxylic acids is 1. The van der Waals surface area contributed by atoms with Crippen LogP contribution >= 0.6 is 0 Å². The van der Waals surface area contributed by atoms with Crippen LogP contribution in [0.5, 0.6) is 0 Å². The molecule has 1 amide bonds. The zero-order chi connectivity index (χ0) is 11.9.